The van der Waals surface area contributed by atoms with Gasteiger partial charge in [-0.05, 0) is 55.3 Å². The highest BCUT2D eigenvalue weighted by atomic mass is 35.5. The Balaban J connectivity index is 1.69. The molecule has 1 heterocycles. The molecule has 6 nitrogen and oxygen atoms in total. The molecular weight excluding hydrogens is 445 g/mol. The maximum Gasteiger partial charge on any atom is 0.416 e. The molecule has 0 aliphatic carbocycles. The van der Waals surface area contributed by atoms with Crippen LogP contribution in [0.2, 0.25) is 5.02 Å². The predicted molar refractivity (Wildman–Crippen MR) is 105 cm³/mol. The lowest BCUT2D eigenvalue weighted by Gasteiger charge is -2.13. The van der Waals surface area contributed by atoms with Crippen LogP contribution < -0.4 is 10.0 Å². The first kappa shape index (κ1) is 22.5. The monoisotopic (exact) mass is 462 g/mol. The van der Waals surface area contributed by atoms with Crippen molar-refractivity contribution in [2.75, 3.05) is 18.5 Å². The molecule has 0 aromatic heterocycles. The Kier molecular flexibility index (Phi) is 6.71. The quantitative estimate of drug-likeness (QED) is 0.677. The molecule has 1 saturated heterocycles. The summed E-state index contributed by atoms with van der Waals surface area (Å²) in [6.07, 6.45) is -3.09. The van der Waals surface area contributed by atoms with Crippen molar-refractivity contribution in [3.8, 4) is 0 Å². The number of amides is 1. The first-order valence-electron chi connectivity index (χ1n) is 8.96. The van der Waals surface area contributed by atoms with Crippen molar-refractivity contribution in [1.29, 1.82) is 0 Å². The summed E-state index contributed by atoms with van der Waals surface area (Å²) in [5.74, 6) is -0.729. The van der Waals surface area contributed by atoms with E-state index in [4.69, 9.17) is 16.3 Å². The van der Waals surface area contributed by atoms with Crippen molar-refractivity contribution in [3.63, 3.8) is 0 Å². The SMILES string of the molecule is O=C(Nc1cc(C(F)(F)F)ccc1Cl)c1ccc(S(=O)(=O)NCC2CCCO2)cc1. The molecular formula is C19H18ClF3N2O4S. The summed E-state index contributed by atoms with van der Waals surface area (Å²) in [7, 11) is -3.79. The minimum Gasteiger partial charge on any atom is -0.377 e. The van der Waals surface area contributed by atoms with Gasteiger partial charge in [0.2, 0.25) is 10.0 Å². The van der Waals surface area contributed by atoms with E-state index in [9.17, 15) is 26.4 Å². The summed E-state index contributed by atoms with van der Waals surface area (Å²) in [6.45, 7) is 0.755. The highest BCUT2D eigenvalue weighted by molar-refractivity contribution is 7.89. The van der Waals surface area contributed by atoms with Gasteiger partial charge in [-0.1, -0.05) is 11.6 Å². The van der Waals surface area contributed by atoms with Crippen LogP contribution in [0.5, 0.6) is 0 Å². The second kappa shape index (κ2) is 8.93. The van der Waals surface area contributed by atoms with Gasteiger partial charge in [0.05, 0.1) is 27.3 Å². The lowest BCUT2D eigenvalue weighted by molar-refractivity contribution is -0.137. The Morgan fingerprint density at radius 3 is 2.47 bits per heavy atom. The number of sulfonamides is 1. The number of rotatable bonds is 6. The molecule has 0 saturated carbocycles. The first-order valence-corrected chi connectivity index (χ1v) is 10.8. The fourth-order valence-electron chi connectivity index (χ4n) is 2.87. The van der Waals surface area contributed by atoms with Crippen LogP contribution in [0, 0.1) is 0 Å². The van der Waals surface area contributed by atoms with Gasteiger partial charge in [-0.3, -0.25) is 4.79 Å². The topological polar surface area (TPSA) is 84.5 Å². The first-order chi connectivity index (χ1) is 14.1. The lowest BCUT2D eigenvalue weighted by atomic mass is 10.1. The van der Waals surface area contributed by atoms with Crippen LogP contribution in [0.1, 0.15) is 28.8 Å². The minimum atomic E-state index is -4.59. The molecule has 1 amide bonds. The van der Waals surface area contributed by atoms with E-state index in [0.29, 0.717) is 6.61 Å². The normalized spacial score (nSPS) is 17.1. The Morgan fingerprint density at radius 1 is 1.17 bits per heavy atom. The van der Waals surface area contributed by atoms with E-state index < -0.39 is 27.7 Å². The zero-order chi connectivity index (χ0) is 21.9. The third-order valence-corrected chi connectivity index (χ3v) is 6.26. The molecule has 1 aliphatic heterocycles. The number of halogens is 4. The summed E-state index contributed by atoms with van der Waals surface area (Å²) < 4.78 is 71.1. The molecule has 30 heavy (non-hydrogen) atoms. The van der Waals surface area contributed by atoms with Crippen molar-refractivity contribution in [3.05, 3.63) is 58.6 Å². The van der Waals surface area contributed by atoms with Crippen molar-refractivity contribution in [2.24, 2.45) is 0 Å². The molecule has 1 aliphatic rings. The van der Waals surface area contributed by atoms with Crippen molar-refractivity contribution in [2.45, 2.75) is 30.0 Å². The zero-order valence-electron chi connectivity index (χ0n) is 15.5. The molecule has 3 rings (SSSR count). The average Bonchev–Trinajstić information content (AvgIpc) is 3.21. The van der Waals surface area contributed by atoms with Crippen molar-refractivity contribution < 1.29 is 31.1 Å². The molecule has 0 radical (unpaired) electrons. The van der Waals surface area contributed by atoms with E-state index in [-0.39, 0.29) is 33.8 Å². The summed E-state index contributed by atoms with van der Waals surface area (Å²) in [5, 5.41) is 2.25. The fourth-order valence-corrected chi connectivity index (χ4v) is 4.10. The van der Waals surface area contributed by atoms with E-state index >= 15 is 0 Å². The Hall–Kier alpha value is -2.14. The molecule has 1 fully saturated rings. The van der Waals surface area contributed by atoms with Gasteiger partial charge in [0.15, 0.2) is 0 Å². The van der Waals surface area contributed by atoms with E-state index in [2.05, 4.69) is 10.0 Å². The standard InChI is InChI=1S/C19H18ClF3N2O4S/c20-16-8-5-13(19(21,22)23)10-17(16)25-18(26)12-3-6-15(7-4-12)30(27,28)24-11-14-2-1-9-29-14/h3-8,10,14,24H,1-2,9,11H2,(H,25,26). The minimum absolute atomic E-state index is 0.0471. The van der Waals surface area contributed by atoms with Crippen LogP contribution in [0.4, 0.5) is 18.9 Å². The number of alkyl halides is 3. The van der Waals surface area contributed by atoms with Crippen molar-refractivity contribution >= 4 is 33.2 Å². The highest BCUT2D eigenvalue weighted by Crippen LogP contribution is 2.34. The van der Waals surface area contributed by atoms with Crippen LogP contribution in [-0.2, 0) is 20.9 Å². The number of hydrogen-bond donors (Lipinski definition) is 2. The summed E-state index contributed by atoms with van der Waals surface area (Å²) >= 11 is 5.87. The lowest BCUT2D eigenvalue weighted by Crippen LogP contribution is -2.31. The maximum atomic E-state index is 12.9. The van der Waals surface area contributed by atoms with E-state index in [1.54, 1.807) is 0 Å². The molecule has 2 aromatic carbocycles. The summed E-state index contributed by atoms with van der Waals surface area (Å²) in [4.78, 5) is 12.3. The van der Waals surface area contributed by atoms with Gasteiger partial charge in [-0.15, -0.1) is 0 Å². The molecule has 2 N–H and O–H groups in total. The van der Waals surface area contributed by atoms with Crippen LogP contribution in [-0.4, -0.2) is 33.6 Å². The second-order valence-corrected chi connectivity index (χ2v) is 8.83. The number of carbonyl (C=O) groups excluding carboxylic acids is 1. The fraction of sp³-hybridized carbons (Fsp3) is 0.316. The van der Waals surface area contributed by atoms with Crippen LogP contribution >= 0.6 is 11.6 Å². The predicted octanol–water partition coefficient (Wildman–Crippen LogP) is 4.07. The van der Waals surface area contributed by atoms with E-state index in [1.807, 2.05) is 0 Å². The molecule has 0 bridgehead atoms. The smallest absolute Gasteiger partial charge is 0.377 e. The molecule has 2 aromatic rings. The van der Waals surface area contributed by atoms with Crippen LogP contribution in [0.25, 0.3) is 0 Å². The highest BCUT2D eigenvalue weighted by Gasteiger charge is 2.31. The largest absolute Gasteiger partial charge is 0.416 e. The van der Waals surface area contributed by atoms with Crippen LogP contribution in [0.15, 0.2) is 47.4 Å². The molecule has 0 spiro atoms. The Bertz CT molecular complexity index is 1020. The zero-order valence-corrected chi connectivity index (χ0v) is 17.1. The number of carbonyl (C=O) groups is 1. The average molecular weight is 463 g/mol. The molecule has 162 valence electrons. The Morgan fingerprint density at radius 2 is 1.87 bits per heavy atom. The third kappa shape index (κ3) is 5.51. The molecule has 11 heteroatoms. The summed E-state index contributed by atoms with van der Waals surface area (Å²) in [6, 6.07) is 7.57. The maximum absolute atomic E-state index is 12.9. The second-order valence-electron chi connectivity index (χ2n) is 6.66. The van der Waals surface area contributed by atoms with Gasteiger partial charge >= 0.3 is 6.18 Å². The number of ether oxygens (including phenoxy) is 1. The number of hydrogen-bond acceptors (Lipinski definition) is 4. The molecule has 1 atom stereocenters. The van der Waals surface area contributed by atoms with Crippen molar-refractivity contribution in [1.82, 2.24) is 4.72 Å². The third-order valence-electron chi connectivity index (χ3n) is 4.49. The van der Waals surface area contributed by atoms with Gasteiger partial charge in [-0.25, -0.2) is 13.1 Å². The molecule has 1 unspecified atom stereocenters. The van der Waals surface area contributed by atoms with E-state index in [1.165, 1.54) is 24.3 Å². The van der Waals surface area contributed by atoms with Gasteiger partial charge in [0.1, 0.15) is 0 Å². The number of anilines is 1. The number of nitrogens with one attached hydrogen (secondary N) is 2. The van der Waals surface area contributed by atoms with E-state index in [0.717, 1.165) is 31.0 Å². The Labute approximate surface area is 176 Å². The summed E-state index contributed by atoms with van der Waals surface area (Å²) in [5.41, 5.74) is -1.10. The van der Waals surface area contributed by atoms with Gasteiger partial charge < -0.3 is 10.1 Å². The van der Waals surface area contributed by atoms with Crippen LogP contribution in [0.3, 0.4) is 0 Å². The van der Waals surface area contributed by atoms with Gasteiger partial charge in [-0.2, -0.15) is 13.2 Å². The van der Waals surface area contributed by atoms with Gasteiger partial charge in [0.25, 0.3) is 5.91 Å². The number of benzene rings is 2. The van der Waals surface area contributed by atoms with Gasteiger partial charge in [0, 0.05) is 18.7 Å².